The molecule has 2 fully saturated rings. The first-order valence-corrected chi connectivity index (χ1v) is 6.73. The van der Waals surface area contributed by atoms with E-state index in [1.54, 1.807) is 23.6 Å². The van der Waals surface area contributed by atoms with Gasteiger partial charge in [0.1, 0.15) is 0 Å². The zero-order valence-corrected chi connectivity index (χ0v) is 11.6. The van der Waals surface area contributed by atoms with Crippen molar-refractivity contribution in [2.45, 2.75) is 38.7 Å². The molecule has 1 unspecified atom stereocenters. The van der Waals surface area contributed by atoms with Crippen LogP contribution in [0.2, 0.25) is 0 Å². The molecule has 0 radical (unpaired) electrons. The quantitative estimate of drug-likeness (QED) is 0.736. The van der Waals surface area contributed by atoms with Crippen LogP contribution in [0.15, 0.2) is 0 Å². The first-order chi connectivity index (χ1) is 8.73. The molecule has 1 atom stereocenters. The van der Waals surface area contributed by atoms with Crippen molar-refractivity contribution in [3.05, 3.63) is 0 Å². The minimum atomic E-state index is -0.791. The Bertz CT molecular complexity index is 386. The number of nitrogens with zero attached hydrogens (tertiary/aromatic N) is 2. The summed E-state index contributed by atoms with van der Waals surface area (Å²) in [5.74, 6) is -0.788. The van der Waals surface area contributed by atoms with Crippen LogP contribution in [-0.4, -0.2) is 63.8 Å². The maximum absolute atomic E-state index is 12.3. The maximum atomic E-state index is 12.3. The van der Waals surface area contributed by atoms with E-state index < -0.39 is 17.0 Å². The van der Waals surface area contributed by atoms with Gasteiger partial charge in [-0.2, -0.15) is 0 Å². The average molecular weight is 270 g/mol. The summed E-state index contributed by atoms with van der Waals surface area (Å²) in [6.45, 7) is 5.34. The van der Waals surface area contributed by atoms with Crippen LogP contribution in [0.4, 0.5) is 4.79 Å². The summed E-state index contributed by atoms with van der Waals surface area (Å²) in [5.41, 5.74) is -1.51. The monoisotopic (exact) mass is 270 g/mol. The molecule has 0 aliphatic carbocycles. The molecule has 19 heavy (non-hydrogen) atoms. The molecule has 2 aliphatic heterocycles. The molecule has 6 heteroatoms. The summed E-state index contributed by atoms with van der Waals surface area (Å²) in [4.78, 5) is 26.8. The Morgan fingerprint density at radius 3 is 1.95 bits per heavy atom. The summed E-state index contributed by atoms with van der Waals surface area (Å²) < 4.78 is 0. The van der Waals surface area contributed by atoms with Gasteiger partial charge in [0.05, 0.1) is 17.6 Å². The molecule has 2 aliphatic rings. The number of hydrogen-bond donors (Lipinski definition) is 2. The molecular weight excluding hydrogens is 248 g/mol. The molecular formula is C13H22N2O4. The Morgan fingerprint density at radius 2 is 1.53 bits per heavy atom. The van der Waals surface area contributed by atoms with Gasteiger partial charge in [-0.25, -0.2) is 4.79 Å². The highest BCUT2D eigenvalue weighted by Crippen LogP contribution is 2.32. The van der Waals surface area contributed by atoms with E-state index in [-0.39, 0.29) is 6.03 Å². The summed E-state index contributed by atoms with van der Waals surface area (Å²) in [7, 11) is 0. The van der Waals surface area contributed by atoms with Crippen LogP contribution >= 0.6 is 0 Å². The van der Waals surface area contributed by atoms with Gasteiger partial charge in [0, 0.05) is 19.6 Å². The Hall–Kier alpha value is -1.30. The van der Waals surface area contributed by atoms with Crippen molar-refractivity contribution in [1.29, 1.82) is 0 Å². The molecule has 2 saturated heterocycles. The van der Waals surface area contributed by atoms with Gasteiger partial charge < -0.3 is 20.0 Å². The van der Waals surface area contributed by atoms with Gasteiger partial charge in [-0.15, -0.1) is 0 Å². The SMILES string of the molecule is CC1(O)CCN(C(=O)N2CCC(C)(C(=O)O)CC2)C1. The second-order valence-electron chi connectivity index (χ2n) is 6.30. The molecule has 6 nitrogen and oxygen atoms in total. The standard InChI is InChI=1S/C13H22N2O4/c1-12(10(16)17)3-6-14(7-4-12)11(18)15-8-5-13(2,19)9-15/h19H,3-9H2,1-2H3,(H,16,17). The van der Waals surface area contributed by atoms with E-state index in [4.69, 9.17) is 5.11 Å². The zero-order chi connectivity index (χ0) is 14.3. The van der Waals surface area contributed by atoms with E-state index in [0.717, 1.165) is 0 Å². The highest BCUT2D eigenvalue weighted by Gasteiger charge is 2.41. The molecule has 2 N–H and O–H groups in total. The first-order valence-electron chi connectivity index (χ1n) is 6.73. The average Bonchev–Trinajstić information content (AvgIpc) is 2.69. The Labute approximate surface area is 113 Å². The number of urea groups is 1. The Balaban J connectivity index is 1.92. The van der Waals surface area contributed by atoms with Gasteiger partial charge >= 0.3 is 12.0 Å². The van der Waals surface area contributed by atoms with E-state index in [1.807, 2.05) is 0 Å². The predicted octanol–water partition coefficient (Wildman–Crippen LogP) is 0.750. The molecule has 0 aromatic carbocycles. The lowest BCUT2D eigenvalue weighted by Crippen LogP contribution is -2.50. The van der Waals surface area contributed by atoms with Crippen molar-refractivity contribution in [2.24, 2.45) is 5.41 Å². The molecule has 0 aromatic heterocycles. The highest BCUT2D eigenvalue weighted by atomic mass is 16.4. The number of likely N-dealkylation sites (tertiary alicyclic amines) is 2. The lowest BCUT2D eigenvalue weighted by Gasteiger charge is -2.38. The number of piperidine rings is 1. The smallest absolute Gasteiger partial charge is 0.320 e. The number of carboxylic acids is 1. The number of carbonyl (C=O) groups is 2. The summed E-state index contributed by atoms with van der Waals surface area (Å²) in [5, 5.41) is 19.0. The van der Waals surface area contributed by atoms with Crippen molar-refractivity contribution in [1.82, 2.24) is 9.80 Å². The topological polar surface area (TPSA) is 81.1 Å². The number of aliphatic carboxylic acids is 1. The fourth-order valence-electron chi connectivity index (χ4n) is 2.71. The molecule has 0 bridgehead atoms. The van der Waals surface area contributed by atoms with Crippen molar-refractivity contribution >= 4 is 12.0 Å². The lowest BCUT2D eigenvalue weighted by molar-refractivity contribution is -0.150. The van der Waals surface area contributed by atoms with Crippen LogP contribution in [-0.2, 0) is 4.79 Å². The minimum absolute atomic E-state index is 0.0785. The predicted molar refractivity (Wildman–Crippen MR) is 68.8 cm³/mol. The van der Waals surface area contributed by atoms with Crippen molar-refractivity contribution in [3.8, 4) is 0 Å². The fraction of sp³-hybridized carbons (Fsp3) is 0.846. The van der Waals surface area contributed by atoms with E-state index >= 15 is 0 Å². The molecule has 2 rings (SSSR count). The van der Waals surface area contributed by atoms with Crippen molar-refractivity contribution in [3.63, 3.8) is 0 Å². The number of hydrogen-bond acceptors (Lipinski definition) is 3. The molecule has 2 heterocycles. The number of amides is 2. The number of β-amino-alcohol motifs (C(OH)–C–C–N with tert-alkyl or cyclic N) is 1. The van der Waals surface area contributed by atoms with Crippen LogP contribution in [0.3, 0.4) is 0 Å². The first kappa shape index (κ1) is 14.1. The Morgan fingerprint density at radius 1 is 1.00 bits per heavy atom. The third-order valence-corrected chi connectivity index (χ3v) is 4.38. The second kappa shape index (κ2) is 4.67. The van der Waals surface area contributed by atoms with Crippen LogP contribution in [0.5, 0.6) is 0 Å². The van der Waals surface area contributed by atoms with E-state index in [9.17, 15) is 14.7 Å². The largest absolute Gasteiger partial charge is 0.481 e. The van der Waals surface area contributed by atoms with E-state index in [1.165, 1.54) is 0 Å². The third kappa shape index (κ3) is 2.83. The minimum Gasteiger partial charge on any atom is -0.481 e. The summed E-state index contributed by atoms with van der Waals surface area (Å²) >= 11 is 0. The lowest BCUT2D eigenvalue weighted by atomic mass is 9.80. The van der Waals surface area contributed by atoms with Crippen LogP contribution < -0.4 is 0 Å². The van der Waals surface area contributed by atoms with Gasteiger partial charge in [0.15, 0.2) is 0 Å². The molecule has 0 spiro atoms. The number of carbonyl (C=O) groups excluding carboxylic acids is 1. The van der Waals surface area contributed by atoms with E-state index in [0.29, 0.717) is 45.4 Å². The van der Waals surface area contributed by atoms with E-state index in [2.05, 4.69) is 0 Å². The summed E-state index contributed by atoms with van der Waals surface area (Å²) in [6, 6.07) is -0.0785. The normalized spacial score (nSPS) is 30.5. The number of rotatable bonds is 1. The van der Waals surface area contributed by atoms with Gasteiger partial charge in [0.25, 0.3) is 0 Å². The van der Waals surface area contributed by atoms with Gasteiger partial charge in [-0.3, -0.25) is 4.79 Å². The number of carboxylic acid groups (broad SMARTS) is 1. The second-order valence-corrected chi connectivity index (χ2v) is 6.30. The van der Waals surface area contributed by atoms with Crippen molar-refractivity contribution < 1.29 is 19.8 Å². The maximum Gasteiger partial charge on any atom is 0.320 e. The Kier molecular flexibility index (Phi) is 3.47. The third-order valence-electron chi connectivity index (χ3n) is 4.38. The molecule has 2 amide bonds. The highest BCUT2D eigenvalue weighted by molar-refractivity contribution is 5.77. The summed E-state index contributed by atoms with van der Waals surface area (Å²) in [6.07, 6.45) is 1.57. The van der Waals surface area contributed by atoms with Gasteiger partial charge in [-0.05, 0) is 33.1 Å². The van der Waals surface area contributed by atoms with Crippen LogP contribution in [0.1, 0.15) is 33.1 Å². The fourth-order valence-corrected chi connectivity index (χ4v) is 2.71. The molecule has 0 saturated carbocycles. The van der Waals surface area contributed by atoms with Crippen LogP contribution in [0, 0.1) is 5.41 Å². The van der Waals surface area contributed by atoms with Gasteiger partial charge in [0.2, 0.25) is 0 Å². The zero-order valence-electron chi connectivity index (χ0n) is 11.6. The van der Waals surface area contributed by atoms with Gasteiger partial charge in [-0.1, -0.05) is 0 Å². The number of aliphatic hydroxyl groups is 1. The van der Waals surface area contributed by atoms with Crippen molar-refractivity contribution in [2.75, 3.05) is 26.2 Å². The molecule has 108 valence electrons. The molecule has 0 aromatic rings. The van der Waals surface area contributed by atoms with Crippen LogP contribution in [0.25, 0.3) is 0 Å².